The van der Waals surface area contributed by atoms with Crippen LogP contribution in [0, 0.1) is 0 Å². The van der Waals surface area contributed by atoms with E-state index in [0.717, 1.165) is 16.9 Å². The predicted molar refractivity (Wildman–Crippen MR) is 55.4 cm³/mol. The van der Waals surface area contributed by atoms with Crippen LogP contribution < -0.4 is 0 Å². The zero-order chi connectivity index (χ0) is 9.10. The van der Waals surface area contributed by atoms with E-state index in [4.69, 9.17) is 5.21 Å². The Labute approximate surface area is 81.0 Å². The third kappa shape index (κ3) is 1.60. The van der Waals surface area contributed by atoms with E-state index in [0.29, 0.717) is 0 Å². The first kappa shape index (κ1) is 8.38. The van der Waals surface area contributed by atoms with Gasteiger partial charge < -0.3 is 5.21 Å². The van der Waals surface area contributed by atoms with Gasteiger partial charge in [-0.1, -0.05) is 29.4 Å². The molecular formula is C10H9NOS. The molecular weight excluding hydrogens is 182 g/mol. The molecule has 1 heterocycles. The van der Waals surface area contributed by atoms with Gasteiger partial charge in [-0.15, -0.1) is 11.8 Å². The highest BCUT2D eigenvalue weighted by molar-refractivity contribution is 7.99. The monoisotopic (exact) mass is 191 g/mol. The van der Waals surface area contributed by atoms with Crippen molar-refractivity contribution in [3.05, 3.63) is 35.9 Å². The first-order valence-corrected chi connectivity index (χ1v) is 5.00. The summed E-state index contributed by atoms with van der Waals surface area (Å²) in [5.41, 5.74) is 2.15. The van der Waals surface area contributed by atoms with Crippen molar-refractivity contribution in [2.45, 2.75) is 4.90 Å². The largest absolute Gasteiger partial charge is 0.411 e. The van der Waals surface area contributed by atoms with E-state index >= 15 is 0 Å². The van der Waals surface area contributed by atoms with Crippen LogP contribution in [-0.2, 0) is 0 Å². The van der Waals surface area contributed by atoms with Crippen LogP contribution in [-0.4, -0.2) is 17.2 Å². The number of fused-ring (bicyclic) bond motifs is 1. The Morgan fingerprint density at radius 2 is 2.23 bits per heavy atom. The molecule has 1 aliphatic rings. The van der Waals surface area contributed by atoms with Gasteiger partial charge in [-0.05, 0) is 11.6 Å². The summed E-state index contributed by atoms with van der Waals surface area (Å²) >= 11 is 1.80. The Bertz CT molecular complexity index is 371. The minimum absolute atomic E-state index is 0.943. The second-order valence-corrected chi connectivity index (χ2v) is 3.77. The molecule has 0 saturated heterocycles. The SMILES string of the molecule is O/N=C/C1=CCSc2ccccc21. The summed E-state index contributed by atoms with van der Waals surface area (Å²) in [6.07, 6.45) is 3.55. The number of rotatable bonds is 1. The first-order chi connectivity index (χ1) is 6.42. The van der Waals surface area contributed by atoms with Crippen LogP contribution in [0.25, 0.3) is 5.57 Å². The van der Waals surface area contributed by atoms with Gasteiger partial charge in [0.15, 0.2) is 0 Å². The summed E-state index contributed by atoms with van der Waals surface area (Å²) in [5.74, 6) is 0.943. The summed E-state index contributed by atoms with van der Waals surface area (Å²) in [4.78, 5) is 1.25. The van der Waals surface area contributed by atoms with Crippen molar-refractivity contribution in [2.75, 3.05) is 5.75 Å². The molecule has 13 heavy (non-hydrogen) atoms. The number of benzene rings is 1. The van der Waals surface area contributed by atoms with Crippen LogP contribution >= 0.6 is 11.8 Å². The second-order valence-electron chi connectivity index (χ2n) is 2.71. The van der Waals surface area contributed by atoms with Gasteiger partial charge in [0.1, 0.15) is 0 Å². The lowest BCUT2D eigenvalue weighted by Gasteiger charge is -2.13. The standard InChI is InChI=1S/C10H9NOS/c12-11-7-8-5-6-13-10-4-2-1-3-9(8)10/h1-5,7,12H,6H2/b11-7+. The van der Waals surface area contributed by atoms with Crippen LogP contribution in [0.1, 0.15) is 5.56 Å². The van der Waals surface area contributed by atoms with Crippen molar-refractivity contribution in [2.24, 2.45) is 5.16 Å². The molecule has 0 radical (unpaired) electrons. The molecule has 0 unspecified atom stereocenters. The number of thioether (sulfide) groups is 1. The summed E-state index contributed by atoms with van der Waals surface area (Å²) in [5, 5.41) is 11.5. The summed E-state index contributed by atoms with van der Waals surface area (Å²) < 4.78 is 0. The zero-order valence-electron chi connectivity index (χ0n) is 6.97. The van der Waals surface area contributed by atoms with Crippen LogP contribution in [0.2, 0.25) is 0 Å². The van der Waals surface area contributed by atoms with Gasteiger partial charge in [0.2, 0.25) is 0 Å². The molecule has 1 aromatic rings. The van der Waals surface area contributed by atoms with Crippen molar-refractivity contribution in [3.63, 3.8) is 0 Å². The molecule has 66 valence electrons. The van der Waals surface area contributed by atoms with Crippen LogP contribution in [0.4, 0.5) is 0 Å². The maximum Gasteiger partial charge on any atom is 0.0737 e. The fourth-order valence-corrected chi connectivity index (χ4v) is 2.31. The molecule has 1 aliphatic heterocycles. The Kier molecular flexibility index (Phi) is 2.36. The molecule has 2 nitrogen and oxygen atoms in total. The minimum Gasteiger partial charge on any atom is -0.411 e. The molecule has 0 amide bonds. The fraction of sp³-hybridized carbons (Fsp3) is 0.100. The fourth-order valence-electron chi connectivity index (χ4n) is 1.35. The van der Waals surface area contributed by atoms with Crippen LogP contribution in [0.3, 0.4) is 0 Å². The minimum atomic E-state index is 0.943. The molecule has 0 aromatic heterocycles. The smallest absolute Gasteiger partial charge is 0.0737 e. The zero-order valence-corrected chi connectivity index (χ0v) is 7.79. The number of hydrogen-bond donors (Lipinski definition) is 1. The van der Waals surface area contributed by atoms with Crippen molar-refractivity contribution in [3.8, 4) is 0 Å². The Hall–Kier alpha value is -1.22. The highest BCUT2D eigenvalue weighted by Crippen LogP contribution is 2.32. The van der Waals surface area contributed by atoms with E-state index in [1.807, 2.05) is 18.2 Å². The van der Waals surface area contributed by atoms with Crippen molar-refractivity contribution in [1.82, 2.24) is 0 Å². The van der Waals surface area contributed by atoms with Crippen LogP contribution in [0.5, 0.6) is 0 Å². The molecule has 0 saturated carbocycles. The number of nitrogens with zero attached hydrogens (tertiary/aromatic N) is 1. The Balaban J connectivity index is 2.47. The summed E-state index contributed by atoms with van der Waals surface area (Å²) in [6, 6.07) is 8.13. The molecule has 0 aliphatic carbocycles. The molecule has 1 N–H and O–H groups in total. The van der Waals surface area contributed by atoms with E-state index in [-0.39, 0.29) is 0 Å². The van der Waals surface area contributed by atoms with Crippen molar-refractivity contribution in [1.29, 1.82) is 0 Å². The van der Waals surface area contributed by atoms with Crippen molar-refractivity contribution >= 4 is 23.5 Å². The Morgan fingerprint density at radius 3 is 3.08 bits per heavy atom. The molecule has 0 bridgehead atoms. The lowest BCUT2D eigenvalue weighted by atomic mass is 10.1. The quantitative estimate of drug-likeness (QED) is 0.420. The van der Waals surface area contributed by atoms with Crippen LogP contribution in [0.15, 0.2) is 40.4 Å². The van der Waals surface area contributed by atoms with Gasteiger partial charge in [0, 0.05) is 16.2 Å². The van der Waals surface area contributed by atoms with Gasteiger partial charge >= 0.3 is 0 Å². The number of oxime groups is 1. The lowest BCUT2D eigenvalue weighted by Crippen LogP contribution is -1.95. The first-order valence-electron chi connectivity index (χ1n) is 4.01. The third-order valence-electron chi connectivity index (χ3n) is 1.94. The molecule has 0 atom stereocenters. The maximum absolute atomic E-state index is 8.47. The molecule has 2 rings (SSSR count). The number of allylic oxidation sites excluding steroid dienone is 1. The molecule has 1 aromatic carbocycles. The predicted octanol–water partition coefficient (Wildman–Crippen LogP) is 2.64. The highest BCUT2D eigenvalue weighted by atomic mass is 32.2. The normalized spacial score (nSPS) is 15.5. The van der Waals surface area contributed by atoms with Gasteiger partial charge in [0.25, 0.3) is 0 Å². The second kappa shape index (κ2) is 3.66. The van der Waals surface area contributed by atoms with Gasteiger partial charge in [0.05, 0.1) is 6.21 Å². The average molecular weight is 191 g/mol. The average Bonchev–Trinajstić information content (AvgIpc) is 2.19. The molecule has 3 heteroatoms. The molecule has 0 fully saturated rings. The topological polar surface area (TPSA) is 32.6 Å². The molecule has 0 spiro atoms. The highest BCUT2D eigenvalue weighted by Gasteiger charge is 2.09. The van der Waals surface area contributed by atoms with E-state index in [1.54, 1.807) is 11.8 Å². The summed E-state index contributed by atoms with van der Waals surface area (Å²) in [7, 11) is 0. The maximum atomic E-state index is 8.47. The van der Waals surface area contributed by atoms with E-state index in [1.165, 1.54) is 11.1 Å². The number of hydrogen-bond acceptors (Lipinski definition) is 3. The Morgan fingerprint density at radius 1 is 1.38 bits per heavy atom. The van der Waals surface area contributed by atoms with Gasteiger partial charge in [-0.3, -0.25) is 0 Å². The summed E-state index contributed by atoms with van der Waals surface area (Å²) in [6.45, 7) is 0. The van der Waals surface area contributed by atoms with Crippen molar-refractivity contribution < 1.29 is 5.21 Å². The third-order valence-corrected chi connectivity index (χ3v) is 2.94. The van der Waals surface area contributed by atoms with Gasteiger partial charge in [-0.25, -0.2) is 0 Å². The van der Waals surface area contributed by atoms with E-state index < -0.39 is 0 Å². The lowest BCUT2D eigenvalue weighted by molar-refractivity contribution is 0.322. The van der Waals surface area contributed by atoms with Gasteiger partial charge in [-0.2, -0.15) is 0 Å². The van der Waals surface area contributed by atoms with E-state index in [2.05, 4.69) is 17.3 Å². The van der Waals surface area contributed by atoms with E-state index in [9.17, 15) is 0 Å².